The topological polar surface area (TPSA) is 50.5 Å². The van der Waals surface area contributed by atoms with Crippen LogP contribution in [0.1, 0.15) is 24.3 Å². The van der Waals surface area contributed by atoms with E-state index in [0.717, 1.165) is 31.1 Å². The molecule has 1 fully saturated rings. The minimum Gasteiger partial charge on any atom is -0.377 e. The van der Waals surface area contributed by atoms with Crippen LogP contribution in [0.5, 0.6) is 0 Å². The first-order valence-electron chi connectivity index (χ1n) is 6.14. The second-order valence-electron chi connectivity index (χ2n) is 4.63. The number of rotatable bonds is 5. The van der Waals surface area contributed by atoms with Gasteiger partial charge in [-0.2, -0.15) is 0 Å². The summed E-state index contributed by atoms with van der Waals surface area (Å²) in [4.78, 5) is 2.33. The van der Waals surface area contributed by atoms with Gasteiger partial charge in [-0.1, -0.05) is 5.16 Å². The normalized spacial score (nSPS) is 21.0. The third-order valence-corrected chi connectivity index (χ3v) is 3.20. The molecule has 5 heteroatoms. The highest BCUT2D eigenvalue weighted by molar-refractivity contribution is 5.04. The molecule has 0 aromatic carbocycles. The number of methoxy groups -OCH3 is 1. The standard InChI is InChI=1S/C12H21N3O2/c1-15(11-4-3-5-13-7-11)8-10-6-12(9-16-2)17-14-10/h6,11,13H,3-5,7-9H2,1-2H3. The molecule has 0 radical (unpaired) electrons. The van der Waals surface area contributed by atoms with Crippen molar-refractivity contribution in [1.29, 1.82) is 0 Å². The molecule has 17 heavy (non-hydrogen) atoms. The minimum atomic E-state index is 0.488. The molecule has 96 valence electrons. The Bertz CT molecular complexity index is 334. The molecule has 1 aromatic heterocycles. The van der Waals surface area contributed by atoms with Crippen LogP contribution in [0.25, 0.3) is 0 Å². The average molecular weight is 239 g/mol. The first-order chi connectivity index (χ1) is 8.29. The molecule has 1 aliphatic rings. The van der Waals surface area contributed by atoms with Gasteiger partial charge in [0.2, 0.25) is 0 Å². The molecule has 1 aromatic rings. The van der Waals surface area contributed by atoms with Crippen molar-refractivity contribution < 1.29 is 9.26 Å². The first-order valence-corrected chi connectivity index (χ1v) is 6.14. The van der Waals surface area contributed by atoms with Crippen LogP contribution in [0, 0.1) is 0 Å². The average Bonchev–Trinajstić information content (AvgIpc) is 2.78. The Labute approximate surface area is 102 Å². The SMILES string of the molecule is COCc1cc(CN(C)C2CCCNC2)no1. The highest BCUT2D eigenvalue weighted by atomic mass is 16.5. The van der Waals surface area contributed by atoms with Gasteiger partial charge in [-0.25, -0.2) is 0 Å². The van der Waals surface area contributed by atoms with Crippen LogP contribution in [-0.2, 0) is 17.9 Å². The number of nitrogens with zero attached hydrogens (tertiary/aromatic N) is 2. The Kier molecular flexibility index (Phi) is 4.53. The highest BCUT2D eigenvalue weighted by Gasteiger charge is 2.18. The van der Waals surface area contributed by atoms with E-state index in [-0.39, 0.29) is 0 Å². The van der Waals surface area contributed by atoms with Crippen LogP contribution in [0.3, 0.4) is 0 Å². The maximum atomic E-state index is 5.18. The van der Waals surface area contributed by atoms with E-state index in [4.69, 9.17) is 9.26 Å². The van der Waals surface area contributed by atoms with Crippen molar-refractivity contribution in [3.05, 3.63) is 17.5 Å². The van der Waals surface area contributed by atoms with E-state index in [0.29, 0.717) is 12.6 Å². The largest absolute Gasteiger partial charge is 0.377 e. The molecule has 0 spiro atoms. The molecule has 1 saturated heterocycles. The molecular formula is C12H21N3O2. The summed E-state index contributed by atoms with van der Waals surface area (Å²) in [5, 5.41) is 7.47. The number of hydrogen-bond acceptors (Lipinski definition) is 5. The Morgan fingerprint density at radius 1 is 1.65 bits per heavy atom. The molecule has 1 N–H and O–H groups in total. The van der Waals surface area contributed by atoms with Gasteiger partial charge in [0.05, 0.1) is 5.69 Å². The Morgan fingerprint density at radius 3 is 3.24 bits per heavy atom. The lowest BCUT2D eigenvalue weighted by Gasteiger charge is -2.30. The number of likely N-dealkylation sites (N-methyl/N-ethyl adjacent to an activating group) is 1. The van der Waals surface area contributed by atoms with Gasteiger partial charge in [-0.3, -0.25) is 4.90 Å². The third kappa shape index (κ3) is 3.52. The van der Waals surface area contributed by atoms with Crippen LogP contribution in [0.15, 0.2) is 10.6 Å². The fourth-order valence-electron chi connectivity index (χ4n) is 2.23. The number of aromatic nitrogens is 1. The molecule has 5 nitrogen and oxygen atoms in total. The number of piperidine rings is 1. The van der Waals surface area contributed by atoms with Gasteiger partial charge < -0.3 is 14.6 Å². The summed E-state index contributed by atoms with van der Waals surface area (Å²) in [6.45, 7) is 3.53. The van der Waals surface area contributed by atoms with Gasteiger partial charge in [0.25, 0.3) is 0 Å². The molecule has 0 aliphatic carbocycles. The highest BCUT2D eigenvalue weighted by Crippen LogP contribution is 2.13. The van der Waals surface area contributed by atoms with Gasteiger partial charge in [0, 0.05) is 32.3 Å². The summed E-state index contributed by atoms with van der Waals surface area (Å²) in [7, 11) is 3.80. The van der Waals surface area contributed by atoms with E-state index < -0.39 is 0 Å². The predicted molar refractivity (Wildman–Crippen MR) is 64.6 cm³/mol. The van der Waals surface area contributed by atoms with Crippen molar-refractivity contribution in [3.8, 4) is 0 Å². The molecule has 0 bridgehead atoms. The van der Waals surface area contributed by atoms with E-state index in [1.807, 2.05) is 6.07 Å². The van der Waals surface area contributed by atoms with Crippen molar-refractivity contribution in [1.82, 2.24) is 15.4 Å². The fraction of sp³-hybridized carbons (Fsp3) is 0.750. The lowest BCUT2D eigenvalue weighted by atomic mass is 10.1. The zero-order chi connectivity index (χ0) is 12.1. The number of nitrogens with one attached hydrogen (secondary N) is 1. The quantitative estimate of drug-likeness (QED) is 0.831. The molecule has 1 atom stereocenters. The summed E-state index contributed by atoms with van der Waals surface area (Å²) in [5.74, 6) is 0.790. The number of ether oxygens (including phenoxy) is 1. The molecule has 0 saturated carbocycles. The minimum absolute atomic E-state index is 0.488. The molecular weight excluding hydrogens is 218 g/mol. The van der Waals surface area contributed by atoms with Crippen molar-refractivity contribution >= 4 is 0 Å². The van der Waals surface area contributed by atoms with Gasteiger partial charge in [-0.05, 0) is 26.4 Å². The van der Waals surface area contributed by atoms with Crippen LogP contribution in [0.2, 0.25) is 0 Å². The van der Waals surface area contributed by atoms with E-state index >= 15 is 0 Å². The maximum Gasteiger partial charge on any atom is 0.162 e. The second-order valence-corrected chi connectivity index (χ2v) is 4.63. The monoisotopic (exact) mass is 239 g/mol. The van der Waals surface area contributed by atoms with Crippen molar-refractivity contribution in [3.63, 3.8) is 0 Å². The summed E-state index contributed by atoms with van der Waals surface area (Å²) >= 11 is 0. The van der Waals surface area contributed by atoms with E-state index in [2.05, 4.69) is 22.4 Å². The number of hydrogen-bond donors (Lipinski definition) is 1. The molecule has 1 aliphatic heterocycles. The van der Waals surface area contributed by atoms with Gasteiger partial charge in [0.1, 0.15) is 6.61 Å². The Balaban J connectivity index is 1.85. The summed E-state index contributed by atoms with van der Waals surface area (Å²) < 4.78 is 10.2. The molecule has 2 heterocycles. The van der Waals surface area contributed by atoms with Gasteiger partial charge in [-0.15, -0.1) is 0 Å². The van der Waals surface area contributed by atoms with Crippen LogP contribution >= 0.6 is 0 Å². The Morgan fingerprint density at radius 2 is 2.53 bits per heavy atom. The molecule has 2 rings (SSSR count). The van der Waals surface area contributed by atoms with Crippen molar-refractivity contribution in [2.45, 2.75) is 32.0 Å². The van der Waals surface area contributed by atoms with E-state index in [9.17, 15) is 0 Å². The van der Waals surface area contributed by atoms with Crippen molar-refractivity contribution in [2.75, 3.05) is 27.2 Å². The second kappa shape index (κ2) is 6.14. The maximum absolute atomic E-state index is 5.18. The fourth-order valence-corrected chi connectivity index (χ4v) is 2.23. The summed E-state index contributed by atoms with van der Waals surface area (Å²) in [5.41, 5.74) is 0.977. The lowest BCUT2D eigenvalue weighted by molar-refractivity contribution is 0.155. The predicted octanol–water partition coefficient (Wildman–Crippen LogP) is 1.00. The van der Waals surface area contributed by atoms with Gasteiger partial charge in [0.15, 0.2) is 5.76 Å². The lowest BCUT2D eigenvalue weighted by Crippen LogP contribution is -2.43. The van der Waals surface area contributed by atoms with Gasteiger partial charge >= 0.3 is 0 Å². The zero-order valence-corrected chi connectivity index (χ0v) is 10.6. The summed E-state index contributed by atoms with van der Waals surface area (Å²) in [6.07, 6.45) is 2.51. The summed E-state index contributed by atoms with van der Waals surface area (Å²) in [6, 6.07) is 2.57. The molecule has 0 amide bonds. The van der Waals surface area contributed by atoms with E-state index in [1.54, 1.807) is 7.11 Å². The molecule has 1 unspecified atom stereocenters. The van der Waals surface area contributed by atoms with Crippen LogP contribution < -0.4 is 5.32 Å². The Hall–Kier alpha value is -0.910. The smallest absolute Gasteiger partial charge is 0.162 e. The van der Waals surface area contributed by atoms with Crippen LogP contribution in [0.4, 0.5) is 0 Å². The van der Waals surface area contributed by atoms with Crippen molar-refractivity contribution in [2.24, 2.45) is 0 Å². The third-order valence-electron chi connectivity index (χ3n) is 3.20. The van der Waals surface area contributed by atoms with E-state index in [1.165, 1.54) is 12.8 Å². The van der Waals surface area contributed by atoms with Crippen LogP contribution in [-0.4, -0.2) is 43.3 Å². The first kappa shape index (κ1) is 12.5. The zero-order valence-electron chi connectivity index (χ0n) is 10.6.